The molecule has 0 bridgehead atoms. The highest BCUT2D eigenvalue weighted by Gasteiger charge is 2.00. The molecule has 0 saturated carbocycles. The summed E-state index contributed by atoms with van der Waals surface area (Å²) in [5.41, 5.74) is 4.01. The third-order valence-electron chi connectivity index (χ3n) is 2.31. The number of aryl methyl sites for hydroxylation is 1. The van der Waals surface area contributed by atoms with Gasteiger partial charge in [-0.2, -0.15) is 0 Å². The van der Waals surface area contributed by atoms with E-state index in [9.17, 15) is 0 Å². The summed E-state index contributed by atoms with van der Waals surface area (Å²) in [6.45, 7) is 2.79. The number of thiocarbonyl (C=S) groups is 1. The van der Waals surface area contributed by atoms with Crippen LogP contribution < -0.4 is 15.5 Å². The molecule has 90 valence electrons. The van der Waals surface area contributed by atoms with Gasteiger partial charge in [0.1, 0.15) is 0 Å². The summed E-state index contributed by atoms with van der Waals surface area (Å²) < 4.78 is 3.26. The van der Waals surface area contributed by atoms with Gasteiger partial charge in [0.2, 0.25) is 4.80 Å². The van der Waals surface area contributed by atoms with Gasteiger partial charge in [0.05, 0.1) is 10.2 Å². The SMILES string of the molecule is CCNC(=S)N/N=c1/sc2ccccc2n1C. The maximum Gasteiger partial charge on any atom is 0.209 e. The molecule has 0 fully saturated rings. The van der Waals surface area contributed by atoms with E-state index >= 15 is 0 Å². The van der Waals surface area contributed by atoms with Crippen molar-refractivity contribution in [2.45, 2.75) is 6.92 Å². The van der Waals surface area contributed by atoms with Crippen molar-refractivity contribution in [2.75, 3.05) is 6.54 Å². The first kappa shape index (κ1) is 12.1. The lowest BCUT2D eigenvalue weighted by Crippen LogP contribution is -2.33. The highest BCUT2D eigenvalue weighted by atomic mass is 32.1. The van der Waals surface area contributed by atoms with Gasteiger partial charge in [-0.15, -0.1) is 5.10 Å². The fourth-order valence-electron chi connectivity index (χ4n) is 1.49. The first-order chi connectivity index (χ1) is 8.22. The second-order valence-electron chi connectivity index (χ2n) is 3.49. The summed E-state index contributed by atoms with van der Waals surface area (Å²) in [4.78, 5) is 0.895. The second kappa shape index (κ2) is 5.29. The van der Waals surface area contributed by atoms with Gasteiger partial charge in [-0.1, -0.05) is 23.5 Å². The number of rotatable bonds is 2. The zero-order chi connectivity index (χ0) is 12.3. The number of nitrogens with zero attached hydrogens (tertiary/aromatic N) is 2. The van der Waals surface area contributed by atoms with Crippen LogP contribution in [0.4, 0.5) is 0 Å². The van der Waals surface area contributed by atoms with Crippen LogP contribution in [0, 0.1) is 0 Å². The molecule has 0 aliphatic carbocycles. The summed E-state index contributed by atoms with van der Waals surface area (Å²) in [7, 11) is 2.00. The Hall–Kier alpha value is -1.40. The monoisotopic (exact) mass is 266 g/mol. The first-order valence-corrected chi connectivity index (χ1v) is 6.57. The van der Waals surface area contributed by atoms with E-state index < -0.39 is 0 Å². The molecule has 2 aromatic rings. The molecule has 6 heteroatoms. The number of para-hydroxylation sites is 1. The van der Waals surface area contributed by atoms with Crippen LogP contribution >= 0.6 is 23.6 Å². The van der Waals surface area contributed by atoms with Gasteiger partial charge in [0.15, 0.2) is 5.11 Å². The Morgan fingerprint density at radius 1 is 1.47 bits per heavy atom. The van der Waals surface area contributed by atoms with Crippen LogP contribution in [0.15, 0.2) is 29.4 Å². The lowest BCUT2D eigenvalue weighted by atomic mass is 10.3. The van der Waals surface area contributed by atoms with E-state index in [1.54, 1.807) is 11.3 Å². The molecule has 0 saturated heterocycles. The summed E-state index contributed by atoms with van der Waals surface area (Å²) in [5, 5.41) is 7.83. The molecular formula is C11H14N4S2. The zero-order valence-corrected chi connectivity index (χ0v) is 11.4. The Morgan fingerprint density at radius 2 is 2.24 bits per heavy atom. The van der Waals surface area contributed by atoms with Crippen molar-refractivity contribution in [1.29, 1.82) is 0 Å². The van der Waals surface area contributed by atoms with Crippen LogP contribution in [0.5, 0.6) is 0 Å². The predicted molar refractivity (Wildman–Crippen MR) is 75.8 cm³/mol. The first-order valence-electron chi connectivity index (χ1n) is 5.34. The van der Waals surface area contributed by atoms with E-state index in [1.807, 2.05) is 30.7 Å². The third kappa shape index (κ3) is 2.65. The van der Waals surface area contributed by atoms with Gasteiger partial charge in [0.25, 0.3) is 0 Å². The van der Waals surface area contributed by atoms with Crippen molar-refractivity contribution < 1.29 is 0 Å². The predicted octanol–water partition coefficient (Wildman–Crippen LogP) is 1.54. The zero-order valence-electron chi connectivity index (χ0n) is 9.73. The second-order valence-corrected chi connectivity index (χ2v) is 4.91. The number of fused-ring (bicyclic) bond motifs is 1. The Labute approximate surface area is 109 Å². The normalized spacial score (nSPS) is 11.8. The van der Waals surface area contributed by atoms with E-state index in [-0.39, 0.29) is 0 Å². The molecule has 2 N–H and O–H groups in total. The fraction of sp³-hybridized carbons (Fsp3) is 0.273. The maximum atomic E-state index is 5.06. The van der Waals surface area contributed by atoms with E-state index in [0.29, 0.717) is 5.11 Å². The number of benzene rings is 1. The minimum absolute atomic E-state index is 0.546. The van der Waals surface area contributed by atoms with Crippen molar-refractivity contribution in [3.8, 4) is 0 Å². The molecule has 1 aromatic heterocycles. The molecule has 4 nitrogen and oxygen atoms in total. The van der Waals surface area contributed by atoms with Crippen LogP contribution in [0.25, 0.3) is 10.2 Å². The van der Waals surface area contributed by atoms with Crippen molar-refractivity contribution in [3.05, 3.63) is 29.1 Å². The average molecular weight is 266 g/mol. The lowest BCUT2D eigenvalue weighted by molar-refractivity contribution is 0.827. The highest BCUT2D eigenvalue weighted by Crippen LogP contribution is 2.14. The summed E-state index contributed by atoms with van der Waals surface area (Å²) in [6.07, 6.45) is 0. The quantitative estimate of drug-likeness (QED) is 0.640. The van der Waals surface area contributed by atoms with Gasteiger partial charge < -0.3 is 9.88 Å². The van der Waals surface area contributed by atoms with Crippen molar-refractivity contribution in [3.63, 3.8) is 0 Å². The highest BCUT2D eigenvalue weighted by molar-refractivity contribution is 7.80. The third-order valence-corrected chi connectivity index (χ3v) is 3.65. The minimum Gasteiger partial charge on any atom is -0.362 e. The summed E-state index contributed by atoms with van der Waals surface area (Å²) >= 11 is 6.69. The molecule has 0 amide bonds. The van der Waals surface area contributed by atoms with Gasteiger partial charge >= 0.3 is 0 Å². The maximum absolute atomic E-state index is 5.06. The molecule has 0 aliphatic rings. The molecule has 0 unspecified atom stereocenters. The number of hydrogen-bond acceptors (Lipinski definition) is 3. The van der Waals surface area contributed by atoms with Gasteiger partial charge in [-0.3, -0.25) is 5.43 Å². The molecule has 17 heavy (non-hydrogen) atoms. The smallest absolute Gasteiger partial charge is 0.209 e. The van der Waals surface area contributed by atoms with Crippen LogP contribution in [-0.2, 0) is 7.05 Å². The largest absolute Gasteiger partial charge is 0.362 e. The summed E-state index contributed by atoms with van der Waals surface area (Å²) in [5.74, 6) is 0. The molecule has 2 rings (SSSR count). The molecule has 0 aliphatic heterocycles. The minimum atomic E-state index is 0.546. The molecular weight excluding hydrogens is 252 g/mol. The average Bonchev–Trinajstić information content (AvgIpc) is 2.65. The topological polar surface area (TPSA) is 41.4 Å². The Kier molecular flexibility index (Phi) is 3.75. The fourth-order valence-corrected chi connectivity index (χ4v) is 2.66. The molecule has 0 spiro atoms. The van der Waals surface area contributed by atoms with Crippen LogP contribution in [-0.4, -0.2) is 16.2 Å². The van der Waals surface area contributed by atoms with Crippen LogP contribution in [0.2, 0.25) is 0 Å². The standard InChI is InChI=1S/C11H14N4S2/c1-3-12-10(16)13-14-11-15(2)8-6-4-5-7-9(8)17-11/h4-7H,3H2,1-2H3,(H2,12,13,16)/b14-11+. The number of aromatic nitrogens is 1. The Bertz CT molecular complexity index is 597. The van der Waals surface area contributed by atoms with Crippen molar-refractivity contribution in [1.82, 2.24) is 15.3 Å². The number of hydrogen-bond donors (Lipinski definition) is 2. The number of nitrogens with one attached hydrogen (secondary N) is 2. The molecule has 0 radical (unpaired) electrons. The molecule has 1 aromatic carbocycles. The van der Waals surface area contributed by atoms with Crippen LogP contribution in [0.3, 0.4) is 0 Å². The van der Waals surface area contributed by atoms with Gasteiger partial charge in [-0.05, 0) is 31.3 Å². The molecule has 1 heterocycles. The van der Waals surface area contributed by atoms with E-state index in [0.717, 1.165) is 11.3 Å². The van der Waals surface area contributed by atoms with Gasteiger partial charge in [0, 0.05) is 13.6 Å². The van der Waals surface area contributed by atoms with E-state index in [1.165, 1.54) is 10.2 Å². The number of thiazole rings is 1. The molecule has 0 atom stereocenters. The van der Waals surface area contributed by atoms with Gasteiger partial charge in [-0.25, -0.2) is 0 Å². The van der Waals surface area contributed by atoms with Crippen molar-refractivity contribution >= 4 is 38.9 Å². The Morgan fingerprint density at radius 3 is 2.94 bits per heavy atom. The van der Waals surface area contributed by atoms with E-state index in [4.69, 9.17) is 12.2 Å². The summed E-state index contributed by atoms with van der Waals surface area (Å²) in [6, 6.07) is 8.21. The Balaban J connectivity index is 2.32. The van der Waals surface area contributed by atoms with Crippen molar-refractivity contribution in [2.24, 2.45) is 12.1 Å². The van der Waals surface area contributed by atoms with Crippen LogP contribution in [0.1, 0.15) is 6.92 Å². The van der Waals surface area contributed by atoms with E-state index in [2.05, 4.69) is 28.0 Å². The lowest BCUT2D eigenvalue weighted by Gasteiger charge is -2.02.